The van der Waals surface area contributed by atoms with E-state index in [0.29, 0.717) is 12.0 Å². The predicted molar refractivity (Wildman–Crippen MR) is 65.8 cm³/mol. The maximum absolute atomic E-state index is 11.2. The molecule has 0 aromatic carbocycles. The number of aliphatic carboxylic acids is 1. The highest BCUT2D eigenvalue weighted by molar-refractivity contribution is 5.74. The molecule has 3 unspecified atom stereocenters. The SMILES string of the molecule is O=C(O)C(NC1CCCC(C2CC2)C1)C1CC1. The van der Waals surface area contributed by atoms with Crippen molar-refractivity contribution in [2.75, 3.05) is 0 Å². The predicted octanol–water partition coefficient (Wildman–Crippen LogP) is 2.41. The number of rotatable bonds is 5. The number of hydrogen-bond donors (Lipinski definition) is 2. The van der Waals surface area contributed by atoms with Crippen LogP contribution >= 0.6 is 0 Å². The molecular formula is C14H23NO2. The highest BCUT2D eigenvalue weighted by Gasteiger charge is 2.40. The Labute approximate surface area is 103 Å². The molecule has 3 heteroatoms. The zero-order chi connectivity index (χ0) is 11.8. The van der Waals surface area contributed by atoms with Crippen LogP contribution < -0.4 is 5.32 Å². The summed E-state index contributed by atoms with van der Waals surface area (Å²) < 4.78 is 0. The van der Waals surface area contributed by atoms with Gasteiger partial charge in [-0.25, -0.2) is 0 Å². The summed E-state index contributed by atoms with van der Waals surface area (Å²) in [5, 5.41) is 12.7. The highest BCUT2D eigenvalue weighted by atomic mass is 16.4. The second kappa shape index (κ2) is 4.60. The van der Waals surface area contributed by atoms with E-state index in [4.69, 9.17) is 0 Å². The number of hydrogen-bond acceptors (Lipinski definition) is 2. The summed E-state index contributed by atoms with van der Waals surface area (Å²) in [5.74, 6) is 1.63. The quantitative estimate of drug-likeness (QED) is 0.772. The molecule has 3 aliphatic rings. The highest BCUT2D eigenvalue weighted by Crippen LogP contribution is 2.44. The molecule has 3 nitrogen and oxygen atoms in total. The van der Waals surface area contributed by atoms with E-state index in [1.807, 2.05) is 0 Å². The number of carboxylic acid groups (broad SMARTS) is 1. The Morgan fingerprint density at radius 2 is 1.82 bits per heavy atom. The zero-order valence-corrected chi connectivity index (χ0v) is 10.4. The standard InChI is InChI=1S/C14H23NO2/c16-14(17)13(10-6-7-10)15-12-3-1-2-11(8-12)9-4-5-9/h9-13,15H,1-8H2,(H,16,17). The van der Waals surface area contributed by atoms with Crippen LogP contribution in [-0.2, 0) is 4.79 Å². The van der Waals surface area contributed by atoms with Crippen LogP contribution in [0.25, 0.3) is 0 Å². The molecule has 0 bridgehead atoms. The van der Waals surface area contributed by atoms with Gasteiger partial charge in [0.2, 0.25) is 0 Å². The molecule has 3 saturated carbocycles. The topological polar surface area (TPSA) is 49.3 Å². The van der Waals surface area contributed by atoms with Crippen molar-refractivity contribution in [2.24, 2.45) is 17.8 Å². The second-order valence-corrected chi connectivity index (χ2v) is 6.28. The normalized spacial score (nSPS) is 35.5. The molecule has 3 rings (SSSR count). The van der Waals surface area contributed by atoms with Crippen molar-refractivity contribution >= 4 is 5.97 Å². The minimum atomic E-state index is -0.638. The van der Waals surface area contributed by atoms with Gasteiger partial charge in [0, 0.05) is 6.04 Å². The van der Waals surface area contributed by atoms with E-state index in [2.05, 4.69) is 5.32 Å². The molecule has 0 heterocycles. The van der Waals surface area contributed by atoms with Gasteiger partial charge in [0.25, 0.3) is 0 Å². The van der Waals surface area contributed by atoms with Crippen molar-refractivity contribution in [3.05, 3.63) is 0 Å². The first-order chi connectivity index (χ1) is 8.24. The van der Waals surface area contributed by atoms with Crippen molar-refractivity contribution in [2.45, 2.75) is 63.5 Å². The number of carboxylic acids is 1. The van der Waals surface area contributed by atoms with E-state index in [0.717, 1.165) is 24.7 Å². The third kappa shape index (κ3) is 2.82. The van der Waals surface area contributed by atoms with E-state index in [-0.39, 0.29) is 6.04 Å². The summed E-state index contributed by atoms with van der Waals surface area (Å²) >= 11 is 0. The Morgan fingerprint density at radius 1 is 1.06 bits per heavy atom. The maximum atomic E-state index is 11.2. The first-order valence-corrected chi connectivity index (χ1v) is 7.23. The van der Waals surface area contributed by atoms with Crippen molar-refractivity contribution in [3.63, 3.8) is 0 Å². The summed E-state index contributed by atoms with van der Waals surface area (Å²) in [4.78, 5) is 11.2. The van der Waals surface area contributed by atoms with Crippen LogP contribution in [0.5, 0.6) is 0 Å². The second-order valence-electron chi connectivity index (χ2n) is 6.28. The van der Waals surface area contributed by atoms with E-state index in [1.54, 1.807) is 0 Å². The number of nitrogens with one attached hydrogen (secondary N) is 1. The van der Waals surface area contributed by atoms with Crippen molar-refractivity contribution in [1.82, 2.24) is 5.32 Å². The van der Waals surface area contributed by atoms with Crippen LogP contribution in [-0.4, -0.2) is 23.2 Å². The van der Waals surface area contributed by atoms with Gasteiger partial charge in [0.1, 0.15) is 6.04 Å². The van der Waals surface area contributed by atoms with Gasteiger partial charge in [-0.2, -0.15) is 0 Å². The van der Waals surface area contributed by atoms with Crippen LogP contribution in [0.2, 0.25) is 0 Å². The Kier molecular flexibility index (Phi) is 3.12. The molecule has 0 aliphatic heterocycles. The molecule has 0 aromatic rings. The van der Waals surface area contributed by atoms with Gasteiger partial charge < -0.3 is 10.4 Å². The number of carbonyl (C=O) groups is 1. The summed E-state index contributed by atoms with van der Waals surface area (Å²) in [5.41, 5.74) is 0. The van der Waals surface area contributed by atoms with E-state index >= 15 is 0 Å². The lowest BCUT2D eigenvalue weighted by atomic mass is 9.82. The molecule has 3 fully saturated rings. The minimum Gasteiger partial charge on any atom is -0.480 e. The minimum absolute atomic E-state index is 0.266. The van der Waals surface area contributed by atoms with Gasteiger partial charge in [0.15, 0.2) is 0 Å². The van der Waals surface area contributed by atoms with Crippen molar-refractivity contribution in [1.29, 1.82) is 0 Å². The first kappa shape index (κ1) is 11.5. The monoisotopic (exact) mass is 237 g/mol. The van der Waals surface area contributed by atoms with Crippen LogP contribution in [0.1, 0.15) is 51.4 Å². The van der Waals surface area contributed by atoms with Crippen LogP contribution in [0, 0.1) is 17.8 Å². The lowest BCUT2D eigenvalue weighted by Gasteiger charge is -2.32. The molecule has 96 valence electrons. The molecule has 3 atom stereocenters. The third-order valence-electron chi connectivity index (χ3n) is 4.78. The molecule has 3 aliphatic carbocycles. The molecule has 0 radical (unpaired) electrons. The molecular weight excluding hydrogens is 214 g/mol. The summed E-state index contributed by atoms with van der Waals surface area (Å²) in [6.45, 7) is 0. The van der Waals surface area contributed by atoms with Gasteiger partial charge in [-0.3, -0.25) is 4.79 Å². The molecule has 0 saturated heterocycles. The van der Waals surface area contributed by atoms with E-state index in [9.17, 15) is 9.90 Å². The van der Waals surface area contributed by atoms with Crippen molar-refractivity contribution < 1.29 is 9.90 Å². The summed E-state index contributed by atoms with van der Waals surface area (Å²) in [6, 6.07) is 0.203. The van der Waals surface area contributed by atoms with Gasteiger partial charge in [-0.05, 0) is 56.3 Å². The van der Waals surface area contributed by atoms with E-state index < -0.39 is 5.97 Å². The van der Waals surface area contributed by atoms with Crippen LogP contribution in [0.3, 0.4) is 0 Å². The van der Waals surface area contributed by atoms with Gasteiger partial charge in [-0.15, -0.1) is 0 Å². The molecule has 2 N–H and O–H groups in total. The average molecular weight is 237 g/mol. The average Bonchev–Trinajstić information content (AvgIpc) is 3.18. The summed E-state index contributed by atoms with van der Waals surface area (Å²) in [7, 11) is 0. The molecule has 0 aromatic heterocycles. The van der Waals surface area contributed by atoms with Gasteiger partial charge >= 0.3 is 5.97 Å². The zero-order valence-electron chi connectivity index (χ0n) is 10.4. The van der Waals surface area contributed by atoms with Crippen LogP contribution in [0.15, 0.2) is 0 Å². The van der Waals surface area contributed by atoms with Gasteiger partial charge in [0.05, 0.1) is 0 Å². The fourth-order valence-corrected chi connectivity index (χ4v) is 3.47. The Hall–Kier alpha value is -0.570. The van der Waals surface area contributed by atoms with E-state index in [1.165, 1.54) is 38.5 Å². The fraction of sp³-hybridized carbons (Fsp3) is 0.929. The Bertz CT molecular complexity index is 297. The summed E-state index contributed by atoms with van der Waals surface area (Å²) in [6.07, 6.45) is 10.1. The lowest BCUT2D eigenvalue weighted by Crippen LogP contribution is -2.46. The third-order valence-corrected chi connectivity index (χ3v) is 4.78. The smallest absolute Gasteiger partial charge is 0.320 e. The largest absolute Gasteiger partial charge is 0.480 e. The lowest BCUT2D eigenvalue weighted by molar-refractivity contribution is -0.140. The molecule has 0 spiro atoms. The van der Waals surface area contributed by atoms with Crippen molar-refractivity contribution in [3.8, 4) is 0 Å². The Balaban J connectivity index is 1.53. The molecule has 0 amide bonds. The maximum Gasteiger partial charge on any atom is 0.320 e. The fourth-order valence-electron chi connectivity index (χ4n) is 3.47. The van der Waals surface area contributed by atoms with Crippen LogP contribution in [0.4, 0.5) is 0 Å². The molecule has 17 heavy (non-hydrogen) atoms. The van der Waals surface area contributed by atoms with Gasteiger partial charge in [-0.1, -0.05) is 12.8 Å². The first-order valence-electron chi connectivity index (χ1n) is 7.23. The Morgan fingerprint density at radius 3 is 2.41 bits per heavy atom.